The molecule has 0 heterocycles. The maximum atomic E-state index is 13.5. The average Bonchev–Trinajstić information content (AvgIpc) is 2.34. The van der Waals surface area contributed by atoms with Crippen LogP contribution in [-0.4, -0.2) is 22.2 Å². The van der Waals surface area contributed by atoms with Crippen molar-refractivity contribution in [3.63, 3.8) is 0 Å². The van der Waals surface area contributed by atoms with Crippen LogP contribution in [0.4, 0.5) is 20.2 Å². The normalized spacial score (nSPS) is 11.4. The molecule has 0 aliphatic carbocycles. The number of aliphatic hydroxyl groups is 1. The first-order valence-electron chi connectivity index (χ1n) is 5.91. The van der Waals surface area contributed by atoms with Gasteiger partial charge in [-0.05, 0) is 12.8 Å². The van der Waals surface area contributed by atoms with E-state index in [4.69, 9.17) is 0 Å². The first-order chi connectivity index (χ1) is 8.89. The van der Waals surface area contributed by atoms with Gasteiger partial charge in [0.2, 0.25) is 5.82 Å². The lowest BCUT2D eigenvalue weighted by Gasteiger charge is -2.31. The summed E-state index contributed by atoms with van der Waals surface area (Å²) in [6.45, 7) is 3.25. The highest BCUT2D eigenvalue weighted by atomic mass is 19.1. The standard InChI is InChI=1S/C12H16F2N2O3/c1-3-12(4-2,7-17)15-10-6-8(13)5-9(14)11(10)16(18)19/h5-6,15,17H,3-4,7H2,1-2H3. The van der Waals surface area contributed by atoms with Gasteiger partial charge >= 0.3 is 5.69 Å². The summed E-state index contributed by atoms with van der Waals surface area (Å²) < 4.78 is 26.7. The summed E-state index contributed by atoms with van der Waals surface area (Å²) in [6.07, 6.45) is 0.907. The number of hydrogen-bond donors (Lipinski definition) is 2. The number of benzene rings is 1. The molecule has 0 atom stereocenters. The van der Waals surface area contributed by atoms with Crippen molar-refractivity contribution in [2.75, 3.05) is 11.9 Å². The third-order valence-corrected chi connectivity index (χ3v) is 3.27. The second-order valence-electron chi connectivity index (χ2n) is 4.31. The minimum Gasteiger partial charge on any atom is -0.394 e. The van der Waals surface area contributed by atoms with E-state index < -0.39 is 27.8 Å². The Labute approximate surface area is 109 Å². The van der Waals surface area contributed by atoms with E-state index in [1.54, 1.807) is 13.8 Å². The second kappa shape index (κ2) is 5.92. The third-order valence-electron chi connectivity index (χ3n) is 3.27. The van der Waals surface area contributed by atoms with Gasteiger partial charge in [0.15, 0.2) is 0 Å². The zero-order valence-electron chi connectivity index (χ0n) is 10.7. The molecule has 0 aliphatic rings. The summed E-state index contributed by atoms with van der Waals surface area (Å²) in [6, 6.07) is 1.32. The van der Waals surface area contributed by atoms with Crippen LogP contribution in [0.25, 0.3) is 0 Å². The van der Waals surface area contributed by atoms with Crippen LogP contribution < -0.4 is 5.32 Å². The molecule has 1 aromatic carbocycles. The van der Waals surface area contributed by atoms with Gasteiger partial charge in [-0.15, -0.1) is 0 Å². The molecule has 0 unspecified atom stereocenters. The van der Waals surface area contributed by atoms with E-state index in [0.29, 0.717) is 18.9 Å². The lowest BCUT2D eigenvalue weighted by Crippen LogP contribution is -2.41. The molecule has 1 aromatic rings. The zero-order chi connectivity index (χ0) is 14.6. The fourth-order valence-corrected chi connectivity index (χ4v) is 1.82. The fraction of sp³-hybridized carbons (Fsp3) is 0.500. The Kier molecular flexibility index (Phi) is 4.77. The summed E-state index contributed by atoms with van der Waals surface area (Å²) in [7, 11) is 0. The van der Waals surface area contributed by atoms with E-state index in [1.807, 2.05) is 0 Å². The van der Waals surface area contributed by atoms with Crippen LogP contribution >= 0.6 is 0 Å². The monoisotopic (exact) mass is 274 g/mol. The zero-order valence-corrected chi connectivity index (χ0v) is 10.7. The van der Waals surface area contributed by atoms with Crippen molar-refractivity contribution in [3.8, 4) is 0 Å². The molecular weight excluding hydrogens is 258 g/mol. The molecular formula is C12H16F2N2O3. The number of halogens is 2. The van der Waals surface area contributed by atoms with E-state index in [1.165, 1.54) is 0 Å². The van der Waals surface area contributed by atoms with Crippen LogP contribution in [0.2, 0.25) is 0 Å². The van der Waals surface area contributed by atoms with Gasteiger partial charge in [-0.25, -0.2) is 4.39 Å². The van der Waals surface area contributed by atoms with E-state index >= 15 is 0 Å². The van der Waals surface area contributed by atoms with Gasteiger partial charge in [0.1, 0.15) is 11.5 Å². The second-order valence-corrected chi connectivity index (χ2v) is 4.31. The minimum atomic E-state index is -1.24. The smallest absolute Gasteiger partial charge is 0.327 e. The maximum Gasteiger partial charge on any atom is 0.327 e. The number of hydrogen-bond acceptors (Lipinski definition) is 4. The van der Waals surface area contributed by atoms with Gasteiger partial charge in [0.25, 0.3) is 0 Å². The van der Waals surface area contributed by atoms with Crippen molar-refractivity contribution in [1.29, 1.82) is 0 Å². The summed E-state index contributed by atoms with van der Waals surface area (Å²) in [5, 5.41) is 22.9. The molecule has 5 nitrogen and oxygen atoms in total. The Hall–Kier alpha value is -1.76. The molecule has 2 N–H and O–H groups in total. The van der Waals surface area contributed by atoms with Gasteiger partial charge < -0.3 is 10.4 Å². The van der Waals surface area contributed by atoms with Crippen molar-refractivity contribution < 1.29 is 18.8 Å². The highest BCUT2D eigenvalue weighted by Gasteiger charge is 2.30. The van der Waals surface area contributed by atoms with Crippen molar-refractivity contribution in [2.45, 2.75) is 32.2 Å². The summed E-state index contributed by atoms with van der Waals surface area (Å²) in [4.78, 5) is 9.93. The first-order valence-corrected chi connectivity index (χ1v) is 5.91. The molecule has 0 aromatic heterocycles. The Morgan fingerprint density at radius 3 is 2.37 bits per heavy atom. The van der Waals surface area contributed by atoms with Gasteiger partial charge in [0, 0.05) is 12.1 Å². The molecule has 0 bridgehead atoms. The molecule has 1 rings (SSSR count). The predicted molar refractivity (Wildman–Crippen MR) is 67.0 cm³/mol. The first kappa shape index (κ1) is 15.3. The Morgan fingerprint density at radius 1 is 1.37 bits per heavy atom. The minimum absolute atomic E-state index is 0.264. The van der Waals surface area contributed by atoms with E-state index in [-0.39, 0.29) is 12.3 Å². The number of rotatable bonds is 6. The Bertz CT molecular complexity index is 468. The average molecular weight is 274 g/mol. The number of aliphatic hydroxyl groups excluding tert-OH is 1. The molecule has 19 heavy (non-hydrogen) atoms. The van der Waals surface area contributed by atoms with Crippen molar-refractivity contribution in [2.24, 2.45) is 0 Å². The summed E-state index contributed by atoms with van der Waals surface area (Å²) in [5.74, 6) is -2.16. The highest BCUT2D eigenvalue weighted by Crippen LogP contribution is 2.32. The van der Waals surface area contributed by atoms with Crippen LogP contribution in [0.5, 0.6) is 0 Å². The molecule has 0 saturated carbocycles. The van der Waals surface area contributed by atoms with Crippen LogP contribution in [-0.2, 0) is 0 Å². The largest absolute Gasteiger partial charge is 0.394 e. The van der Waals surface area contributed by atoms with Gasteiger partial charge in [-0.2, -0.15) is 4.39 Å². The quantitative estimate of drug-likeness (QED) is 0.618. The molecule has 0 fully saturated rings. The highest BCUT2D eigenvalue weighted by molar-refractivity contribution is 5.63. The number of nitrogens with zero attached hydrogens (tertiary/aromatic N) is 1. The van der Waals surface area contributed by atoms with E-state index in [9.17, 15) is 24.0 Å². The van der Waals surface area contributed by atoms with Crippen molar-refractivity contribution in [1.82, 2.24) is 0 Å². The topological polar surface area (TPSA) is 75.4 Å². The van der Waals surface area contributed by atoms with Gasteiger partial charge in [0.05, 0.1) is 17.1 Å². The van der Waals surface area contributed by atoms with Crippen molar-refractivity contribution >= 4 is 11.4 Å². The molecule has 0 radical (unpaired) electrons. The molecule has 0 saturated heterocycles. The molecule has 106 valence electrons. The predicted octanol–water partition coefficient (Wildman–Crippen LogP) is 2.84. The lowest BCUT2D eigenvalue weighted by molar-refractivity contribution is -0.386. The maximum absolute atomic E-state index is 13.5. The summed E-state index contributed by atoms with van der Waals surface area (Å²) in [5.41, 5.74) is -1.92. The molecule has 0 aliphatic heterocycles. The van der Waals surface area contributed by atoms with Crippen LogP contribution in [0, 0.1) is 21.7 Å². The van der Waals surface area contributed by atoms with E-state index in [2.05, 4.69) is 5.32 Å². The number of nitro benzene ring substituents is 1. The van der Waals surface area contributed by atoms with Crippen LogP contribution in [0.15, 0.2) is 12.1 Å². The lowest BCUT2D eigenvalue weighted by atomic mass is 9.93. The molecule has 0 amide bonds. The third kappa shape index (κ3) is 3.17. The summed E-state index contributed by atoms with van der Waals surface area (Å²) >= 11 is 0. The number of nitrogens with one attached hydrogen (secondary N) is 1. The fourth-order valence-electron chi connectivity index (χ4n) is 1.82. The number of anilines is 1. The number of nitro groups is 1. The molecule has 0 spiro atoms. The Morgan fingerprint density at radius 2 is 1.95 bits per heavy atom. The molecule has 7 heteroatoms. The van der Waals surface area contributed by atoms with Crippen molar-refractivity contribution in [3.05, 3.63) is 33.9 Å². The SMILES string of the molecule is CCC(CC)(CO)Nc1cc(F)cc(F)c1[N+](=O)[O-]. The van der Waals surface area contributed by atoms with E-state index in [0.717, 1.165) is 6.07 Å². The van der Waals surface area contributed by atoms with Gasteiger partial charge in [-0.1, -0.05) is 13.8 Å². The van der Waals surface area contributed by atoms with Gasteiger partial charge in [-0.3, -0.25) is 10.1 Å². The Balaban J connectivity index is 3.30. The van der Waals surface area contributed by atoms with Crippen LogP contribution in [0.3, 0.4) is 0 Å². The van der Waals surface area contributed by atoms with Crippen LogP contribution in [0.1, 0.15) is 26.7 Å².